The highest BCUT2D eigenvalue weighted by atomic mass is 14.5. The van der Waals surface area contributed by atoms with Crippen molar-refractivity contribution in [1.82, 2.24) is 0 Å². The van der Waals surface area contributed by atoms with E-state index >= 15 is 0 Å². The van der Waals surface area contributed by atoms with Gasteiger partial charge in [0.25, 0.3) is 0 Å². The molecule has 1 rings (SSSR count). The molecule has 0 unspecified atom stereocenters. The summed E-state index contributed by atoms with van der Waals surface area (Å²) >= 11 is 0. The lowest BCUT2D eigenvalue weighted by atomic mass is 10.0. The highest BCUT2D eigenvalue weighted by molar-refractivity contribution is 5.48. The van der Waals surface area contributed by atoms with Gasteiger partial charge < -0.3 is 5.73 Å². The summed E-state index contributed by atoms with van der Waals surface area (Å²) in [5.74, 6) is 0. The van der Waals surface area contributed by atoms with Gasteiger partial charge in [-0.1, -0.05) is 0 Å². The molecule has 0 radical (unpaired) electrons. The van der Waals surface area contributed by atoms with Crippen molar-refractivity contribution in [2.24, 2.45) is 0 Å². The van der Waals surface area contributed by atoms with Crippen LogP contribution < -0.4 is 5.73 Å². The van der Waals surface area contributed by atoms with E-state index in [-0.39, 0.29) is 0 Å². The maximum absolute atomic E-state index is 7.32. The maximum Gasteiger partial charge on any atom is 0.0319 e. The molecule has 0 saturated heterocycles. The minimum absolute atomic E-state index is 0.418. The second-order valence-electron chi connectivity index (χ2n) is 2.53. The summed E-state index contributed by atoms with van der Waals surface area (Å²) < 4.78 is 22.0. The van der Waals surface area contributed by atoms with Crippen LogP contribution in [0.4, 0.5) is 5.69 Å². The van der Waals surface area contributed by atoms with Crippen molar-refractivity contribution in [3.8, 4) is 0 Å². The molecule has 1 nitrogen and oxygen atoms in total. The van der Waals surface area contributed by atoms with Crippen molar-refractivity contribution in [2.45, 2.75) is 20.7 Å². The van der Waals surface area contributed by atoms with Crippen molar-refractivity contribution in [2.75, 3.05) is 5.73 Å². The fourth-order valence-corrected chi connectivity index (χ4v) is 0.997. The van der Waals surface area contributed by atoms with E-state index in [1.165, 1.54) is 0 Å². The number of benzene rings is 1. The Morgan fingerprint density at radius 1 is 1.30 bits per heavy atom. The molecule has 0 aromatic heterocycles. The largest absolute Gasteiger partial charge is 0.399 e. The van der Waals surface area contributed by atoms with Gasteiger partial charge in [-0.3, -0.25) is 0 Å². The van der Waals surface area contributed by atoms with Gasteiger partial charge >= 0.3 is 0 Å². The number of hydrogen-bond donors (Lipinski definition) is 1. The van der Waals surface area contributed by atoms with E-state index in [1.54, 1.807) is 26.0 Å². The zero-order chi connectivity index (χ0) is 10.2. The van der Waals surface area contributed by atoms with E-state index in [0.29, 0.717) is 11.3 Å². The van der Waals surface area contributed by atoms with Crippen molar-refractivity contribution in [3.63, 3.8) is 0 Å². The highest BCUT2D eigenvalue weighted by Crippen LogP contribution is 2.15. The smallest absolute Gasteiger partial charge is 0.0319 e. The van der Waals surface area contributed by atoms with Gasteiger partial charge in [-0.2, -0.15) is 0 Å². The summed E-state index contributed by atoms with van der Waals surface area (Å²) in [6, 6.07) is 3.38. The SMILES string of the molecule is [2H]C([2H])([2H])c1c(C)cc(N)cc1C. The number of nitrogen functional groups attached to an aromatic ring is 1. The third-order valence-electron chi connectivity index (χ3n) is 1.56. The van der Waals surface area contributed by atoms with E-state index in [0.717, 1.165) is 11.1 Å². The zero-order valence-electron chi connectivity index (χ0n) is 9.23. The fraction of sp³-hybridized carbons (Fsp3) is 0.333. The summed E-state index contributed by atoms with van der Waals surface area (Å²) in [5.41, 5.74) is 8.09. The number of rotatable bonds is 0. The summed E-state index contributed by atoms with van der Waals surface area (Å²) in [6.07, 6.45) is 0. The van der Waals surface area contributed by atoms with Crippen LogP contribution in [0.3, 0.4) is 0 Å². The van der Waals surface area contributed by atoms with Gasteiger partial charge in [-0.15, -0.1) is 0 Å². The second kappa shape index (κ2) is 2.33. The minimum Gasteiger partial charge on any atom is -0.399 e. The molecule has 0 amide bonds. The van der Waals surface area contributed by atoms with Gasteiger partial charge in [0.2, 0.25) is 0 Å². The molecule has 0 fully saturated rings. The van der Waals surface area contributed by atoms with E-state index in [2.05, 4.69) is 0 Å². The van der Waals surface area contributed by atoms with Crippen LogP contribution >= 0.6 is 0 Å². The highest BCUT2D eigenvalue weighted by Gasteiger charge is 1.96. The van der Waals surface area contributed by atoms with Crippen LogP contribution in [0, 0.1) is 20.7 Å². The van der Waals surface area contributed by atoms with Crippen LogP contribution in [0.15, 0.2) is 12.1 Å². The Kier molecular flexibility index (Phi) is 0.936. The molecule has 0 heterocycles. The van der Waals surface area contributed by atoms with Gasteiger partial charge in [-0.25, -0.2) is 0 Å². The molecule has 0 spiro atoms. The normalized spacial score (nSPS) is 15.6. The molecule has 0 aliphatic carbocycles. The Bertz CT molecular complexity index is 305. The lowest BCUT2D eigenvalue weighted by Gasteiger charge is -2.04. The van der Waals surface area contributed by atoms with Crippen LogP contribution in [0.25, 0.3) is 0 Å². The van der Waals surface area contributed by atoms with E-state index < -0.39 is 6.85 Å². The molecule has 54 valence electrons. The zero-order valence-corrected chi connectivity index (χ0v) is 6.23. The Morgan fingerprint density at radius 2 is 1.80 bits per heavy atom. The Labute approximate surface area is 66.1 Å². The maximum atomic E-state index is 7.32. The Morgan fingerprint density at radius 3 is 2.20 bits per heavy atom. The van der Waals surface area contributed by atoms with E-state index in [1.807, 2.05) is 0 Å². The van der Waals surface area contributed by atoms with Crippen molar-refractivity contribution < 1.29 is 4.11 Å². The molecule has 10 heavy (non-hydrogen) atoms. The molecular weight excluding hydrogens is 122 g/mol. The minimum atomic E-state index is -2.04. The number of anilines is 1. The van der Waals surface area contributed by atoms with Crippen LogP contribution in [0.2, 0.25) is 0 Å². The molecule has 2 N–H and O–H groups in total. The standard InChI is InChI=1S/C9H13N/c1-6-4-9(10)5-7(2)8(6)3/h4-5H,10H2,1-3H3/i3D3. The number of aryl methyl sites for hydroxylation is 2. The third kappa shape index (κ3) is 1.13. The van der Waals surface area contributed by atoms with Crippen LogP contribution in [-0.4, -0.2) is 0 Å². The van der Waals surface area contributed by atoms with Crippen molar-refractivity contribution in [1.29, 1.82) is 0 Å². The third-order valence-corrected chi connectivity index (χ3v) is 1.56. The molecule has 1 heteroatoms. The molecule has 0 atom stereocenters. The Hall–Kier alpha value is -0.980. The predicted molar refractivity (Wildman–Crippen MR) is 45.1 cm³/mol. The lowest BCUT2D eigenvalue weighted by molar-refractivity contribution is 1.27. The summed E-state index contributed by atoms with van der Waals surface area (Å²) in [6.45, 7) is 1.50. The topological polar surface area (TPSA) is 26.0 Å². The van der Waals surface area contributed by atoms with E-state index in [4.69, 9.17) is 9.85 Å². The number of nitrogens with two attached hydrogens (primary N) is 1. The molecular formula is C9H13N. The quantitative estimate of drug-likeness (QED) is 0.546. The molecule has 0 aliphatic rings. The second-order valence-corrected chi connectivity index (χ2v) is 2.53. The van der Waals surface area contributed by atoms with Crippen LogP contribution in [-0.2, 0) is 0 Å². The summed E-state index contributed by atoms with van der Waals surface area (Å²) in [5, 5.41) is 0. The predicted octanol–water partition coefficient (Wildman–Crippen LogP) is 2.19. The van der Waals surface area contributed by atoms with Gasteiger partial charge in [0.1, 0.15) is 0 Å². The monoisotopic (exact) mass is 138 g/mol. The van der Waals surface area contributed by atoms with Gasteiger partial charge in [0.15, 0.2) is 0 Å². The first-order chi connectivity index (χ1) is 5.82. The van der Waals surface area contributed by atoms with Crippen molar-refractivity contribution in [3.05, 3.63) is 28.8 Å². The van der Waals surface area contributed by atoms with Crippen molar-refractivity contribution >= 4 is 5.69 Å². The number of hydrogen-bond acceptors (Lipinski definition) is 1. The average molecular weight is 138 g/mol. The van der Waals surface area contributed by atoms with Crippen LogP contribution in [0.5, 0.6) is 0 Å². The van der Waals surface area contributed by atoms with Gasteiger partial charge in [0.05, 0.1) is 0 Å². The summed E-state index contributed by atoms with van der Waals surface area (Å²) in [7, 11) is 0. The molecule has 0 aliphatic heterocycles. The van der Waals surface area contributed by atoms with Crippen LogP contribution in [0.1, 0.15) is 20.8 Å². The first-order valence-electron chi connectivity index (χ1n) is 4.69. The van der Waals surface area contributed by atoms with Gasteiger partial charge in [-0.05, 0) is 49.5 Å². The van der Waals surface area contributed by atoms with Gasteiger partial charge in [0, 0.05) is 9.80 Å². The first-order valence-corrected chi connectivity index (χ1v) is 3.19. The molecule has 1 aromatic rings. The van der Waals surface area contributed by atoms with E-state index in [9.17, 15) is 0 Å². The molecule has 0 saturated carbocycles. The average Bonchev–Trinajstić information content (AvgIpc) is 1.78. The Balaban J connectivity index is 3.38. The summed E-state index contributed by atoms with van der Waals surface area (Å²) in [4.78, 5) is 0. The lowest BCUT2D eigenvalue weighted by Crippen LogP contribution is -1.91. The molecule has 0 bridgehead atoms. The molecule has 1 aromatic carbocycles. The first kappa shape index (κ1) is 4.02. The fourth-order valence-electron chi connectivity index (χ4n) is 0.997.